The van der Waals surface area contributed by atoms with E-state index in [-0.39, 0.29) is 72.7 Å². The molecule has 6 atom stereocenters. The molecule has 78 heavy (non-hydrogen) atoms. The maximum absolute atomic E-state index is 13.0. The average molecular weight is 1160 g/mol. The summed E-state index contributed by atoms with van der Waals surface area (Å²) in [6.45, 7) is 6.06. The summed E-state index contributed by atoms with van der Waals surface area (Å²) in [5, 5.41) is 56.1. The predicted molar refractivity (Wildman–Crippen MR) is 308 cm³/mol. The van der Waals surface area contributed by atoms with Crippen molar-refractivity contribution in [2.24, 2.45) is 0 Å². The Kier molecular flexibility index (Phi) is 24.5. The van der Waals surface area contributed by atoms with E-state index in [0.29, 0.717) is 77.0 Å². The van der Waals surface area contributed by atoms with Gasteiger partial charge in [0.1, 0.15) is 0 Å². The summed E-state index contributed by atoms with van der Waals surface area (Å²) in [4.78, 5) is 57.0. The average Bonchev–Trinajstić information content (AvgIpc) is 4.17. The number of hydrogen-bond donors (Lipinski definition) is 5. The third kappa shape index (κ3) is 18.6. The van der Waals surface area contributed by atoms with Gasteiger partial charge in [0.05, 0.1) is 73.2 Å². The van der Waals surface area contributed by atoms with Crippen LogP contribution >= 0.6 is 46.4 Å². The van der Waals surface area contributed by atoms with Gasteiger partial charge in [-0.25, -0.2) is 0 Å². The number of hydrogen-bond acceptors (Lipinski definition) is 14. The summed E-state index contributed by atoms with van der Waals surface area (Å²) in [6.07, 6.45) is 1.63. The van der Waals surface area contributed by atoms with Crippen LogP contribution < -0.4 is 11.1 Å². The first-order chi connectivity index (χ1) is 36.7. The summed E-state index contributed by atoms with van der Waals surface area (Å²) in [6, 6.07) is 30.4. The van der Waals surface area contributed by atoms with Crippen molar-refractivity contribution in [1.82, 2.24) is 29.8 Å². The lowest BCUT2D eigenvalue weighted by Gasteiger charge is -2.32. The number of aliphatic hydroxyl groups is 3. The van der Waals surface area contributed by atoms with Gasteiger partial charge in [0, 0.05) is 109 Å². The molecule has 0 bridgehead atoms. The maximum atomic E-state index is 13.0. The smallest absolute Gasteiger partial charge is 0.269 e. The Bertz CT molecular complexity index is 2820. The fourth-order valence-corrected chi connectivity index (χ4v) is 10.3. The van der Waals surface area contributed by atoms with E-state index in [1.165, 1.54) is 18.2 Å². The summed E-state index contributed by atoms with van der Waals surface area (Å²) < 4.78 is 0. The minimum Gasteiger partial charge on any atom is -0.399 e. The van der Waals surface area contributed by atoms with Crippen molar-refractivity contribution in [3.8, 4) is 0 Å². The van der Waals surface area contributed by atoms with Crippen LogP contribution in [-0.2, 0) is 22.4 Å². The number of anilines is 1. The highest BCUT2D eigenvalue weighted by molar-refractivity contribution is 6.42. The van der Waals surface area contributed by atoms with Gasteiger partial charge < -0.3 is 36.2 Å². The van der Waals surface area contributed by atoms with Crippen LogP contribution in [0, 0.1) is 20.2 Å². The Morgan fingerprint density at radius 3 is 1.36 bits per heavy atom. The van der Waals surface area contributed by atoms with Crippen molar-refractivity contribution >= 4 is 75.3 Å². The highest BCUT2D eigenvalue weighted by atomic mass is 35.5. The van der Waals surface area contributed by atoms with Crippen molar-refractivity contribution in [2.45, 2.75) is 76.0 Å². The molecule has 22 heteroatoms. The minimum absolute atomic E-state index is 0. The molecule has 5 aromatic carbocycles. The Balaban J connectivity index is 0.000000219. The van der Waals surface area contributed by atoms with Gasteiger partial charge in [0.15, 0.2) is 0 Å². The highest BCUT2D eigenvalue weighted by Gasteiger charge is 2.31. The first-order valence-corrected chi connectivity index (χ1v) is 26.8. The van der Waals surface area contributed by atoms with Crippen LogP contribution in [0.5, 0.6) is 0 Å². The number of halogens is 4. The molecular weight excluding hydrogens is 1080 g/mol. The molecule has 3 aliphatic rings. The lowest BCUT2D eigenvalue weighted by atomic mass is 10.0. The molecule has 0 aliphatic carbocycles. The number of likely N-dealkylation sites (tertiary alicyclic amines) is 3. The molecule has 3 aliphatic heterocycles. The number of amides is 2. The number of likely N-dealkylation sites (N-methyl/N-ethyl adjacent to an activating group) is 3. The van der Waals surface area contributed by atoms with Crippen molar-refractivity contribution < 1.29 is 34.8 Å². The zero-order valence-corrected chi connectivity index (χ0v) is 46.3. The molecule has 6 N–H and O–H groups in total. The van der Waals surface area contributed by atoms with Gasteiger partial charge >= 0.3 is 0 Å². The van der Waals surface area contributed by atoms with Gasteiger partial charge in [0.2, 0.25) is 11.8 Å². The number of carbonyl (C=O) groups excluding carboxylic acids is 2. The van der Waals surface area contributed by atoms with Crippen LogP contribution in [0.15, 0.2) is 109 Å². The van der Waals surface area contributed by atoms with Gasteiger partial charge in [-0.2, -0.15) is 0 Å². The van der Waals surface area contributed by atoms with Crippen molar-refractivity contribution in [2.75, 3.05) is 85.8 Å². The van der Waals surface area contributed by atoms with E-state index in [9.17, 15) is 45.1 Å². The Morgan fingerprint density at radius 1 is 0.603 bits per heavy atom. The Morgan fingerprint density at radius 2 is 0.987 bits per heavy atom. The second-order valence-electron chi connectivity index (χ2n) is 19.7. The second kappa shape index (κ2) is 30.2. The number of nitro benzene ring substituents is 2. The minimum atomic E-state index is -0.447. The molecule has 0 spiro atoms. The number of carbonyl (C=O) groups is 2. The molecule has 0 unspecified atom stereocenters. The van der Waals surface area contributed by atoms with Crippen LogP contribution in [0.25, 0.3) is 0 Å². The lowest BCUT2D eigenvalue weighted by Crippen LogP contribution is -2.39. The van der Waals surface area contributed by atoms with Gasteiger partial charge in [-0.15, -0.1) is 0 Å². The molecular formula is C56H71Cl4N9O9. The normalized spacial score (nSPS) is 18.6. The fraction of sp³-hybridized carbons (Fsp3) is 0.429. The van der Waals surface area contributed by atoms with E-state index >= 15 is 0 Å². The van der Waals surface area contributed by atoms with Crippen molar-refractivity contribution in [1.29, 1.82) is 0 Å². The van der Waals surface area contributed by atoms with Gasteiger partial charge in [-0.3, -0.25) is 44.5 Å². The van der Waals surface area contributed by atoms with Gasteiger partial charge in [-0.05, 0) is 90.5 Å². The van der Waals surface area contributed by atoms with Crippen molar-refractivity contribution in [3.63, 3.8) is 0 Å². The summed E-state index contributed by atoms with van der Waals surface area (Å²) in [5.41, 5.74) is 10.8. The number of nitrogens with one attached hydrogen (secondary N) is 1. The number of non-ortho nitro benzene ring substituents is 2. The van der Waals surface area contributed by atoms with E-state index < -0.39 is 17.1 Å². The number of benzene rings is 5. The molecule has 0 saturated carbocycles. The SMILES string of the molecule is C.CN(C(=O)Cc1ccc(Cl)c(Cl)c1)[C@H](CN1CC[C@H](O)C1)c1cccc(N)c1.CN(C(=O)Cc1ccc(Cl)c(Cl)c1)[C@H](CN1CC[C@H](O)C1)c1cccc([N+](=O)[O-])c1.CN[C@H](CN1CC[C@H](O)C1)c1cccc([N+](=O)[O-])c1. The van der Waals surface area contributed by atoms with Crippen molar-refractivity contribution in [3.05, 3.63) is 177 Å². The highest BCUT2D eigenvalue weighted by Crippen LogP contribution is 2.30. The maximum Gasteiger partial charge on any atom is 0.269 e. The zero-order chi connectivity index (χ0) is 55.9. The zero-order valence-electron chi connectivity index (χ0n) is 43.3. The monoisotopic (exact) mass is 1150 g/mol. The molecule has 422 valence electrons. The van der Waals surface area contributed by atoms with Crippen LogP contribution in [0.4, 0.5) is 17.1 Å². The first-order valence-electron chi connectivity index (χ1n) is 25.3. The standard InChI is InChI=1S/C21H23Cl2N3O4.C21H25Cl2N3O2.C13H19N3O3.CH4/c1-24(21(28)10-14-5-6-18(22)19(23)9-14)20(13-25-8-7-17(27)12-25)15-3-2-4-16(11-15)26(29)30;1-25(21(28)10-14-5-6-18(22)19(23)9-14)20(13-26-8-7-17(27)12-26)15-3-2-4-16(24)11-15;1-14-13(9-15-6-5-12(17)8-15)10-3-2-4-11(7-10)16(18)19;/h2-6,9,11,17,20,27H,7-8,10,12-13H2,1H3;2-6,9,11,17,20,27H,7-8,10,12-13,24H2,1H3;2-4,7,12-14,17H,5-6,8-9H2,1H3;1H4/t2*17-,20+;12-,13+;/m000./s1. The second-order valence-corrected chi connectivity index (χ2v) is 21.3. The first kappa shape index (κ1) is 63.4. The lowest BCUT2D eigenvalue weighted by molar-refractivity contribution is -0.385. The number of β-amino-alcohol motifs (C(OH)–C–C–N with tert-alkyl or cyclic N) is 3. The predicted octanol–water partition coefficient (Wildman–Crippen LogP) is 8.65. The number of nitrogens with zero attached hydrogens (tertiary/aromatic N) is 7. The summed E-state index contributed by atoms with van der Waals surface area (Å²) >= 11 is 24.1. The van der Waals surface area contributed by atoms with Gasteiger partial charge in [0.25, 0.3) is 11.4 Å². The molecule has 3 fully saturated rings. The molecule has 2 amide bonds. The summed E-state index contributed by atoms with van der Waals surface area (Å²) in [5.74, 6) is -0.171. The van der Waals surface area contributed by atoms with Gasteiger partial charge in [-0.1, -0.05) is 102 Å². The molecule has 5 aromatic rings. The number of nitro groups is 2. The van der Waals surface area contributed by atoms with E-state index in [0.717, 1.165) is 54.7 Å². The fourth-order valence-electron chi connectivity index (χ4n) is 9.66. The number of nitrogen functional groups attached to an aromatic ring is 1. The largest absolute Gasteiger partial charge is 0.399 e. The summed E-state index contributed by atoms with van der Waals surface area (Å²) in [7, 11) is 5.34. The van der Waals surface area contributed by atoms with E-state index in [2.05, 4.69) is 20.0 Å². The molecule has 3 saturated heterocycles. The molecule has 18 nitrogen and oxygen atoms in total. The van der Waals surface area contributed by atoms with Crippen LogP contribution in [-0.4, -0.2) is 160 Å². The van der Waals surface area contributed by atoms with Crippen LogP contribution in [0.3, 0.4) is 0 Å². The molecule has 3 heterocycles. The van der Waals surface area contributed by atoms with Crippen LogP contribution in [0.2, 0.25) is 20.1 Å². The van der Waals surface area contributed by atoms with E-state index in [1.807, 2.05) is 43.4 Å². The quantitative estimate of drug-likeness (QED) is 0.0314. The number of rotatable bonds is 18. The van der Waals surface area contributed by atoms with E-state index in [1.54, 1.807) is 78.5 Å². The number of aliphatic hydroxyl groups excluding tert-OH is 3. The van der Waals surface area contributed by atoms with Crippen LogP contribution in [0.1, 0.15) is 72.6 Å². The third-order valence-electron chi connectivity index (χ3n) is 14.0. The van der Waals surface area contributed by atoms with E-state index in [4.69, 9.17) is 52.1 Å². The third-order valence-corrected chi connectivity index (χ3v) is 15.5. The Hall–Kier alpha value is -5.48. The molecule has 0 radical (unpaired) electrons. The molecule has 8 rings (SSSR count). The Labute approximate surface area is 476 Å². The molecule has 0 aromatic heterocycles. The number of nitrogens with two attached hydrogens (primary N) is 1. The topological polar surface area (TPSA) is 235 Å².